The molecule has 0 unspecified atom stereocenters. The molecule has 0 aromatic heterocycles. The third-order valence-electron chi connectivity index (χ3n) is 8.01. The smallest absolute Gasteiger partial charge is 0.410 e. The maximum absolute atomic E-state index is 13.1. The van der Waals surface area contributed by atoms with Crippen LogP contribution in [0.15, 0.2) is 66.7 Å². The minimum absolute atomic E-state index is 0.0634. The monoisotopic (exact) mass is 762 g/mol. The highest BCUT2D eigenvalue weighted by Gasteiger charge is 2.23. The summed E-state index contributed by atoms with van der Waals surface area (Å²) >= 11 is 0. The molecule has 55 heavy (non-hydrogen) atoms. The number of likely N-dealkylation sites (N-methyl/N-ethyl adjacent to an activating group) is 2. The number of ether oxygens (including phenoxy) is 1. The molecule has 0 radical (unpaired) electrons. The van der Waals surface area contributed by atoms with E-state index >= 15 is 0 Å². The molecule has 2 aromatic carbocycles. The largest absolute Gasteiger partial charge is 0.445 e. The first kappa shape index (κ1) is 42.8. The lowest BCUT2D eigenvalue weighted by atomic mass is 10.1. The van der Waals surface area contributed by atoms with Gasteiger partial charge in [-0.1, -0.05) is 48.9 Å². The van der Waals surface area contributed by atoms with Crippen molar-refractivity contribution < 1.29 is 47.9 Å². The number of rotatable bonds is 21. The van der Waals surface area contributed by atoms with Crippen LogP contribution >= 0.6 is 0 Å². The Hall–Kier alpha value is -6.59. The van der Waals surface area contributed by atoms with Crippen LogP contribution in [0.5, 0.6) is 0 Å². The minimum Gasteiger partial charge on any atom is -0.445 e. The van der Waals surface area contributed by atoms with E-state index in [0.29, 0.717) is 30.5 Å². The third kappa shape index (κ3) is 15.9. The van der Waals surface area contributed by atoms with E-state index in [-0.39, 0.29) is 62.7 Å². The molecule has 0 spiro atoms. The van der Waals surface area contributed by atoms with Crippen LogP contribution in [0.1, 0.15) is 36.8 Å². The Morgan fingerprint density at radius 1 is 0.709 bits per heavy atom. The molecule has 18 heteroatoms. The lowest BCUT2D eigenvalue weighted by molar-refractivity contribution is -0.137. The number of nitrogens with zero attached hydrogens (tertiary/aromatic N) is 2. The average Bonchev–Trinajstić information content (AvgIpc) is 3.50. The predicted octanol–water partition coefficient (Wildman–Crippen LogP) is -0.499. The number of hydrogen-bond donors (Lipinski definition) is 6. The van der Waals surface area contributed by atoms with Crippen molar-refractivity contribution in [3.05, 3.63) is 77.9 Å². The Morgan fingerprint density at radius 3 is 2.02 bits per heavy atom. The molecular weight excluding hydrogens is 716 g/mol. The van der Waals surface area contributed by atoms with Gasteiger partial charge in [0.1, 0.15) is 19.2 Å². The first-order chi connectivity index (χ1) is 26.3. The van der Waals surface area contributed by atoms with Gasteiger partial charge in [-0.3, -0.25) is 43.3 Å². The van der Waals surface area contributed by atoms with E-state index in [1.165, 1.54) is 26.2 Å². The third-order valence-corrected chi connectivity index (χ3v) is 8.01. The summed E-state index contributed by atoms with van der Waals surface area (Å²) in [4.78, 5) is 112. The summed E-state index contributed by atoms with van der Waals surface area (Å²) in [5, 5.41) is 15.0. The Balaban J connectivity index is 1.38. The van der Waals surface area contributed by atoms with Gasteiger partial charge in [0.25, 0.3) is 11.8 Å². The Labute approximate surface area is 317 Å². The zero-order valence-electron chi connectivity index (χ0n) is 30.7. The van der Waals surface area contributed by atoms with Crippen LogP contribution in [0.4, 0.5) is 10.5 Å². The van der Waals surface area contributed by atoms with Crippen LogP contribution in [-0.2, 0) is 56.1 Å². The number of anilines is 1. The van der Waals surface area contributed by atoms with Gasteiger partial charge in [0.15, 0.2) is 0 Å². The Kier molecular flexibility index (Phi) is 17.5. The fourth-order valence-electron chi connectivity index (χ4n) is 4.99. The Bertz CT molecular complexity index is 1710. The van der Waals surface area contributed by atoms with E-state index in [1.54, 1.807) is 54.6 Å². The molecule has 1 aliphatic rings. The molecule has 1 aliphatic heterocycles. The quantitative estimate of drug-likeness (QED) is 0.0704. The van der Waals surface area contributed by atoms with Gasteiger partial charge in [-0.05, 0) is 36.1 Å². The summed E-state index contributed by atoms with van der Waals surface area (Å²) in [6, 6.07) is 14.2. The van der Waals surface area contributed by atoms with Crippen LogP contribution in [0.25, 0.3) is 0 Å². The van der Waals surface area contributed by atoms with Crippen LogP contribution < -0.4 is 31.9 Å². The van der Waals surface area contributed by atoms with Gasteiger partial charge in [-0.25, -0.2) is 4.79 Å². The second kappa shape index (κ2) is 22.5. The van der Waals surface area contributed by atoms with Gasteiger partial charge in [0, 0.05) is 51.3 Å². The minimum atomic E-state index is -1.09. The second-order valence-corrected chi connectivity index (χ2v) is 12.4. The molecule has 0 aliphatic carbocycles. The fraction of sp³-hybridized carbons (Fsp3) is 0.378. The number of nitrogens with one attached hydrogen (secondary N) is 6. The number of hydrogen-bond acceptors (Lipinski definition) is 10. The zero-order chi connectivity index (χ0) is 40.2. The van der Waals surface area contributed by atoms with Gasteiger partial charge < -0.3 is 41.5 Å². The average molecular weight is 763 g/mol. The fourth-order valence-corrected chi connectivity index (χ4v) is 4.99. The van der Waals surface area contributed by atoms with Crippen LogP contribution in [0.2, 0.25) is 0 Å². The van der Waals surface area contributed by atoms with Crippen molar-refractivity contribution >= 4 is 59.0 Å². The lowest BCUT2D eigenvalue weighted by Crippen LogP contribution is -2.52. The molecule has 6 N–H and O–H groups in total. The predicted molar refractivity (Wildman–Crippen MR) is 197 cm³/mol. The van der Waals surface area contributed by atoms with Gasteiger partial charge in [0.2, 0.25) is 35.4 Å². The van der Waals surface area contributed by atoms with E-state index in [1.807, 2.05) is 0 Å². The van der Waals surface area contributed by atoms with Crippen LogP contribution in [0.3, 0.4) is 0 Å². The van der Waals surface area contributed by atoms with E-state index in [4.69, 9.17) is 4.74 Å². The van der Waals surface area contributed by atoms with Crippen molar-refractivity contribution in [3.8, 4) is 0 Å². The van der Waals surface area contributed by atoms with Crippen molar-refractivity contribution in [3.63, 3.8) is 0 Å². The summed E-state index contributed by atoms with van der Waals surface area (Å²) in [6.45, 7) is -1.21. The molecule has 0 bridgehead atoms. The number of carbonyl (C=O) groups is 9. The lowest BCUT2D eigenvalue weighted by Gasteiger charge is -2.19. The first-order valence-corrected chi connectivity index (χ1v) is 17.5. The highest BCUT2D eigenvalue weighted by Crippen LogP contribution is 2.11. The number of benzene rings is 2. The molecule has 0 saturated heterocycles. The summed E-state index contributed by atoms with van der Waals surface area (Å²) in [5.41, 5.74) is 1.77. The zero-order valence-corrected chi connectivity index (χ0v) is 30.7. The first-order valence-electron chi connectivity index (χ1n) is 17.5. The van der Waals surface area contributed by atoms with Crippen molar-refractivity contribution in [2.45, 2.75) is 44.8 Å². The normalized spacial score (nSPS) is 12.3. The molecule has 1 atom stereocenters. The van der Waals surface area contributed by atoms with Gasteiger partial charge in [0.05, 0.1) is 19.6 Å². The molecular formula is C37H46N8O10. The summed E-state index contributed by atoms with van der Waals surface area (Å²) in [6.07, 6.45) is 3.60. The van der Waals surface area contributed by atoms with Crippen molar-refractivity contribution in [2.24, 2.45) is 0 Å². The topological polar surface area (TPSA) is 242 Å². The number of carbonyl (C=O) groups excluding carboxylic acids is 9. The molecule has 1 heterocycles. The van der Waals surface area contributed by atoms with E-state index in [0.717, 1.165) is 15.4 Å². The summed E-state index contributed by atoms with van der Waals surface area (Å²) in [7, 11) is 2.89. The van der Waals surface area contributed by atoms with E-state index in [9.17, 15) is 43.2 Å². The van der Waals surface area contributed by atoms with Crippen molar-refractivity contribution in [1.82, 2.24) is 36.4 Å². The van der Waals surface area contributed by atoms with Crippen molar-refractivity contribution in [2.75, 3.05) is 52.1 Å². The van der Waals surface area contributed by atoms with Crippen molar-refractivity contribution in [1.29, 1.82) is 0 Å². The van der Waals surface area contributed by atoms with E-state index in [2.05, 4.69) is 31.9 Å². The van der Waals surface area contributed by atoms with Gasteiger partial charge in [-0.2, -0.15) is 0 Å². The molecule has 2 aromatic rings. The molecule has 294 valence electrons. The molecule has 0 saturated carbocycles. The molecule has 3 rings (SSSR count). The van der Waals surface area contributed by atoms with Gasteiger partial charge in [-0.15, -0.1) is 0 Å². The summed E-state index contributed by atoms with van der Waals surface area (Å²) < 4.78 is 5.18. The standard InChI is InChI=1S/C37H46N8O10/c1-38-33(50)23-44(2)37(54)55-24-26-12-14-27(15-13-26)42-31(48)22-41-36(53)28(19-25-9-5-3-6-10-25)43-32(49)21-40-30(47)20-39-29(46)11-7-4-8-18-45-34(51)16-17-35(45)52/h3,5-6,9-10,12-17,28H,4,7-8,11,18-24H2,1-2H3,(H,38,50)(H,39,46)(H,40,47)(H,41,53)(H,42,48)(H,43,49)/t28-/m0/s1. The molecule has 0 fully saturated rings. The second-order valence-electron chi connectivity index (χ2n) is 12.4. The maximum Gasteiger partial charge on any atom is 0.410 e. The van der Waals surface area contributed by atoms with Gasteiger partial charge >= 0.3 is 6.09 Å². The number of amides is 9. The number of imide groups is 1. The highest BCUT2D eigenvalue weighted by atomic mass is 16.6. The SMILES string of the molecule is CNC(=O)CN(C)C(=O)OCc1ccc(NC(=O)CNC(=O)[C@H](Cc2ccccc2)NC(=O)CNC(=O)CNC(=O)CCCCCN2C(=O)C=CC2=O)cc1. The van der Waals surface area contributed by atoms with Crippen LogP contribution in [0, 0.1) is 0 Å². The van der Waals surface area contributed by atoms with E-state index < -0.39 is 48.9 Å². The molecule has 18 nitrogen and oxygen atoms in total. The highest BCUT2D eigenvalue weighted by molar-refractivity contribution is 6.12. The molecule has 9 amide bonds. The maximum atomic E-state index is 13.1. The Morgan fingerprint density at radius 2 is 1.35 bits per heavy atom. The summed E-state index contributed by atoms with van der Waals surface area (Å²) in [5.74, 6) is -3.91. The number of unbranched alkanes of at least 4 members (excludes halogenated alkanes) is 2. The van der Waals surface area contributed by atoms with Crippen LogP contribution in [-0.4, -0.2) is 116 Å².